The van der Waals surface area contributed by atoms with Crippen LogP contribution in [0.4, 0.5) is 0 Å². The number of rotatable bonds is 2. The fraction of sp³-hybridized carbons (Fsp3) is 0.571. The Morgan fingerprint density at radius 2 is 2.10 bits per heavy atom. The van der Waals surface area contributed by atoms with Gasteiger partial charge in [-0.2, -0.15) is 0 Å². The van der Waals surface area contributed by atoms with Crippen molar-refractivity contribution < 1.29 is 9.47 Å². The number of nitrogens with two attached hydrogens (primary N) is 1. The molecule has 0 spiro atoms. The lowest BCUT2D eigenvalue weighted by molar-refractivity contribution is 0.296. The first-order valence-corrected chi connectivity index (χ1v) is 7.16. The SMILES string of the molecule is Cl.N[C@@H]1CCN(Cc2cc(Cl)c3c(c2)OCCCO3)C1. The van der Waals surface area contributed by atoms with E-state index in [0.29, 0.717) is 30.0 Å². The van der Waals surface area contributed by atoms with Crippen LogP contribution in [0.25, 0.3) is 0 Å². The summed E-state index contributed by atoms with van der Waals surface area (Å²) in [7, 11) is 0. The van der Waals surface area contributed by atoms with Crippen LogP contribution in [0.2, 0.25) is 5.02 Å². The summed E-state index contributed by atoms with van der Waals surface area (Å²) in [6.07, 6.45) is 1.96. The number of hydrogen-bond donors (Lipinski definition) is 1. The number of fused-ring (bicyclic) bond motifs is 1. The van der Waals surface area contributed by atoms with Gasteiger partial charge < -0.3 is 15.2 Å². The van der Waals surface area contributed by atoms with Crippen LogP contribution in [0.3, 0.4) is 0 Å². The van der Waals surface area contributed by atoms with E-state index in [1.165, 1.54) is 0 Å². The first-order chi connectivity index (χ1) is 9.22. The molecule has 2 N–H and O–H groups in total. The maximum absolute atomic E-state index is 6.29. The molecule has 0 aromatic heterocycles. The zero-order valence-corrected chi connectivity index (χ0v) is 12.9. The summed E-state index contributed by atoms with van der Waals surface area (Å²) >= 11 is 6.29. The van der Waals surface area contributed by atoms with Crippen molar-refractivity contribution in [1.29, 1.82) is 0 Å². The molecule has 1 saturated heterocycles. The second-order valence-corrected chi connectivity index (χ2v) is 5.65. The van der Waals surface area contributed by atoms with E-state index in [4.69, 9.17) is 26.8 Å². The zero-order chi connectivity index (χ0) is 13.2. The maximum Gasteiger partial charge on any atom is 0.179 e. The van der Waals surface area contributed by atoms with Crippen molar-refractivity contribution in [2.45, 2.75) is 25.4 Å². The minimum absolute atomic E-state index is 0. The molecule has 0 bridgehead atoms. The van der Waals surface area contributed by atoms with E-state index in [2.05, 4.69) is 4.90 Å². The van der Waals surface area contributed by atoms with Crippen LogP contribution in [0.15, 0.2) is 12.1 Å². The summed E-state index contributed by atoms with van der Waals surface area (Å²) in [6, 6.07) is 4.31. The number of likely N-dealkylation sites (tertiary alicyclic amines) is 1. The number of ether oxygens (including phenoxy) is 2. The Balaban J connectivity index is 0.00000147. The fourth-order valence-electron chi connectivity index (χ4n) is 2.64. The van der Waals surface area contributed by atoms with E-state index in [-0.39, 0.29) is 12.4 Å². The van der Waals surface area contributed by atoms with Crippen molar-refractivity contribution in [2.24, 2.45) is 5.73 Å². The van der Waals surface area contributed by atoms with Crippen LogP contribution < -0.4 is 15.2 Å². The van der Waals surface area contributed by atoms with Crippen LogP contribution in [0, 0.1) is 0 Å². The Kier molecular flexibility index (Phi) is 5.38. The summed E-state index contributed by atoms with van der Waals surface area (Å²) < 4.78 is 11.3. The largest absolute Gasteiger partial charge is 0.489 e. The van der Waals surface area contributed by atoms with Gasteiger partial charge in [0, 0.05) is 32.1 Å². The molecule has 2 aliphatic heterocycles. The molecule has 2 aliphatic rings. The lowest BCUT2D eigenvalue weighted by Crippen LogP contribution is -2.26. The standard InChI is InChI=1S/C14H19ClN2O2.ClH/c15-12-6-10(8-17-3-2-11(16)9-17)7-13-14(12)19-5-1-4-18-13;/h6-7,11H,1-5,8-9,16H2;1H/t11-;/m1./s1. The van der Waals surface area contributed by atoms with E-state index in [9.17, 15) is 0 Å². The number of halogens is 2. The zero-order valence-electron chi connectivity index (χ0n) is 11.3. The molecule has 0 aliphatic carbocycles. The third-order valence-corrected chi connectivity index (χ3v) is 3.86. The van der Waals surface area contributed by atoms with Gasteiger partial charge in [-0.1, -0.05) is 11.6 Å². The Morgan fingerprint density at radius 3 is 2.85 bits per heavy atom. The lowest BCUT2D eigenvalue weighted by Gasteiger charge is -2.17. The summed E-state index contributed by atoms with van der Waals surface area (Å²) in [5.41, 5.74) is 7.08. The summed E-state index contributed by atoms with van der Waals surface area (Å²) in [4.78, 5) is 2.35. The number of nitrogens with zero attached hydrogens (tertiary/aromatic N) is 1. The molecule has 1 aromatic carbocycles. The van der Waals surface area contributed by atoms with Gasteiger partial charge in [0.05, 0.1) is 18.2 Å². The normalized spacial score (nSPS) is 22.2. The first kappa shape index (κ1) is 15.7. The van der Waals surface area contributed by atoms with Crippen LogP contribution in [0.1, 0.15) is 18.4 Å². The van der Waals surface area contributed by atoms with Crippen molar-refractivity contribution in [3.8, 4) is 11.5 Å². The molecule has 2 heterocycles. The minimum atomic E-state index is 0. The average Bonchev–Trinajstić information content (AvgIpc) is 2.64. The highest BCUT2D eigenvalue weighted by molar-refractivity contribution is 6.32. The molecule has 6 heteroatoms. The molecule has 0 unspecified atom stereocenters. The Hall–Kier alpha value is -0.680. The van der Waals surface area contributed by atoms with Crippen molar-refractivity contribution in [2.75, 3.05) is 26.3 Å². The van der Waals surface area contributed by atoms with E-state index < -0.39 is 0 Å². The third-order valence-electron chi connectivity index (χ3n) is 3.58. The highest BCUT2D eigenvalue weighted by Gasteiger charge is 2.21. The Bertz CT molecular complexity index is 471. The van der Waals surface area contributed by atoms with E-state index in [1.54, 1.807) is 0 Å². The summed E-state index contributed by atoms with van der Waals surface area (Å²) in [5, 5.41) is 0.637. The Labute approximate surface area is 130 Å². The molecule has 0 amide bonds. The second-order valence-electron chi connectivity index (χ2n) is 5.24. The van der Waals surface area contributed by atoms with Crippen molar-refractivity contribution >= 4 is 24.0 Å². The molecular weight excluding hydrogens is 299 g/mol. The lowest BCUT2D eigenvalue weighted by atomic mass is 10.2. The van der Waals surface area contributed by atoms with Gasteiger partial charge in [0.25, 0.3) is 0 Å². The maximum atomic E-state index is 6.29. The monoisotopic (exact) mass is 318 g/mol. The van der Waals surface area contributed by atoms with Crippen LogP contribution in [-0.2, 0) is 6.54 Å². The first-order valence-electron chi connectivity index (χ1n) is 6.78. The fourth-order valence-corrected chi connectivity index (χ4v) is 2.93. The van der Waals surface area contributed by atoms with E-state index >= 15 is 0 Å². The van der Waals surface area contributed by atoms with Crippen LogP contribution in [-0.4, -0.2) is 37.2 Å². The van der Waals surface area contributed by atoms with Gasteiger partial charge in [0.15, 0.2) is 11.5 Å². The summed E-state index contributed by atoms with van der Waals surface area (Å²) in [6.45, 7) is 4.21. The number of benzene rings is 1. The minimum Gasteiger partial charge on any atom is -0.489 e. The van der Waals surface area contributed by atoms with E-state index in [0.717, 1.165) is 43.8 Å². The molecule has 1 aromatic rings. The average molecular weight is 319 g/mol. The van der Waals surface area contributed by atoms with Crippen LogP contribution in [0.5, 0.6) is 11.5 Å². The number of hydrogen-bond acceptors (Lipinski definition) is 4. The van der Waals surface area contributed by atoms with Crippen molar-refractivity contribution in [1.82, 2.24) is 4.90 Å². The van der Waals surface area contributed by atoms with Crippen LogP contribution >= 0.6 is 24.0 Å². The van der Waals surface area contributed by atoms with Gasteiger partial charge in [-0.3, -0.25) is 4.90 Å². The molecule has 112 valence electrons. The van der Waals surface area contributed by atoms with Crippen molar-refractivity contribution in [3.05, 3.63) is 22.7 Å². The Morgan fingerprint density at radius 1 is 1.30 bits per heavy atom. The third kappa shape index (κ3) is 3.50. The highest BCUT2D eigenvalue weighted by atomic mass is 35.5. The van der Waals surface area contributed by atoms with Gasteiger partial charge in [-0.05, 0) is 24.1 Å². The molecule has 0 radical (unpaired) electrons. The quantitative estimate of drug-likeness (QED) is 0.910. The molecule has 1 atom stereocenters. The molecular formula is C14H20Cl2N2O2. The topological polar surface area (TPSA) is 47.7 Å². The highest BCUT2D eigenvalue weighted by Crippen LogP contribution is 2.38. The van der Waals surface area contributed by atoms with Gasteiger partial charge in [-0.25, -0.2) is 0 Å². The molecule has 0 saturated carbocycles. The van der Waals surface area contributed by atoms with E-state index in [1.807, 2.05) is 12.1 Å². The molecule has 1 fully saturated rings. The van der Waals surface area contributed by atoms with Gasteiger partial charge >= 0.3 is 0 Å². The van der Waals surface area contributed by atoms with Gasteiger partial charge in [0.2, 0.25) is 0 Å². The predicted molar refractivity (Wildman–Crippen MR) is 82.2 cm³/mol. The van der Waals surface area contributed by atoms with Gasteiger partial charge in [0.1, 0.15) is 0 Å². The smallest absolute Gasteiger partial charge is 0.179 e. The predicted octanol–water partition coefficient (Wildman–Crippen LogP) is 2.46. The molecule has 4 nitrogen and oxygen atoms in total. The summed E-state index contributed by atoms with van der Waals surface area (Å²) in [5.74, 6) is 1.45. The molecule has 20 heavy (non-hydrogen) atoms. The van der Waals surface area contributed by atoms with Gasteiger partial charge in [-0.15, -0.1) is 12.4 Å². The molecule has 3 rings (SSSR count). The second kappa shape index (κ2) is 6.85. The van der Waals surface area contributed by atoms with Crippen molar-refractivity contribution in [3.63, 3.8) is 0 Å².